The summed E-state index contributed by atoms with van der Waals surface area (Å²) in [4.78, 5) is 0. The highest BCUT2D eigenvalue weighted by Gasteiger charge is 2.10. The van der Waals surface area contributed by atoms with Crippen molar-refractivity contribution in [2.24, 2.45) is 0 Å². The molecule has 0 aliphatic rings. The summed E-state index contributed by atoms with van der Waals surface area (Å²) in [5, 5.41) is 3.19. The number of sulfonamides is 1. The molecule has 0 bridgehead atoms. The van der Waals surface area contributed by atoms with E-state index in [4.69, 9.17) is 0 Å². The molecule has 0 fully saturated rings. The summed E-state index contributed by atoms with van der Waals surface area (Å²) in [7, 11) is -3.13. The third kappa shape index (κ3) is 5.14. The van der Waals surface area contributed by atoms with Crippen molar-refractivity contribution in [2.75, 3.05) is 18.1 Å². The Kier molecular flexibility index (Phi) is 4.76. The Labute approximate surface area is 97.1 Å². The minimum absolute atomic E-state index is 0.0739. The third-order valence-corrected chi connectivity index (χ3v) is 2.96. The van der Waals surface area contributed by atoms with Crippen molar-refractivity contribution in [1.29, 1.82) is 0 Å². The molecule has 4 nitrogen and oxygen atoms in total. The van der Waals surface area contributed by atoms with E-state index in [0.29, 0.717) is 6.54 Å². The number of anilines is 1. The van der Waals surface area contributed by atoms with E-state index in [9.17, 15) is 8.42 Å². The van der Waals surface area contributed by atoms with Crippen LogP contribution in [0.2, 0.25) is 0 Å². The van der Waals surface area contributed by atoms with Crippen LogP contribution in [0.3, 0.4) is 0 Å². The zero-order valence-electron chi connectivity index (χ0n) is 9.60. The van der Waals surface area contributed by atoms with Gasteiger partial charge in [-0.1, -0.05) is 25.1 Å². The maximum Gasteiger partial charge on any atom is 0.209 e. The van der Waals surface area contributed by atoms with Gasteiger partial charge in [0.25, 0.3) is 0 Å². The summed E-state index contributed by atoms with van der Waals surface area (Å²) in [5.74, 6) is 0. The molecule has 2 N–H and O–H groups in total. The van der Waals surface area contributed by atoms with Crippen LogP contribution < -0.4 is 10.0 Å². The molecule has 1 aromatic carbocycles. The fourth-order valence-corrected chi connectivity index (χ4v) is 2.22. The molecule has 1 unspecified atom stereocenters. The van der Waals surface area contributed by atoms with Crippen molar-refractivity contribution >= 4 is 15.7 Å². The number of para-hydroxylation sites is 1. The Hall–Kier alpha value is -1.07. The van der Waals surface area contributed by atoms with Gasteiger partial charge in [-0.25, -0.2) is 13.1 Å². The van der Waals surface area contributed by atoms with Crippen molar-refractivity contribution in [2.45, 2.75) is 19.4 Å². The molecule has 0 spiro atoms. The number of hydrogen-bond donors (Lipinski definition) is 2. The molecular formula is C11H18N2O2S. The summed E-state index contributed by atoms with van der Waals surface area (Å²) in [5.41, 5.74) is 0.997. The van der Waals surface area contributed by atoms with Crippen LogP contribution in [-0.2, 0) is 10.0 Å². The minimum Gasteiger partial charge on any atom is -0.383 e. The van der Waals surface area contributed by atoms with E-state index in [0.717, 1.165) is 12.1 Å². The summed E-state index contributed by atoms with van der Waals surface area (Å²) in [6.07, 6.45) is 1.94. The average Bonchev–Trinajstić information content (AvgIpc) is 2.24. The second-order valence-electron chi connectivity index (χ2n) is 3.74. The Bertz CT molecular complexity index is 403. The lowest BCUT2D eigenvalue weighted by atomic mass is 10.2. The van der Waals surface area contributed by atoms with Crippen molar-refractivity contribution in [1.82, 2.24) is 4.72 Å². The van der Waals surface area contributed by atoms with Crippen LogP contribution in [0.25, 0.3) is 0 Å². The van der Waals surface area contributed by atoms with E-state index in [1.54, 1.807) is 0 Å². The summed E-state index contributed by atoms with van der Waals surface area (Å²) >= 11 is 0. The summed E-state index contributed by atoms with van der Waals surface area (Å²) < 4.78 is 24.7. The summed E-state index contributed by atoms with van der Waals surface area (Å²) in [6, 6.07) is 9.65. The minimum atomic E-state index is -3.13. The number of rotatable bonds is 6. The first kappa shape index (κ1) is 13.0. The highest BCUT2D eigenvalue weighted by molar-refractivity contribution is 7.88. The van der Waals surface area contributed by atoms with Crippen molar-refractivity contribution < 1.29 is 8.42 Å². The standard InChI is InChI=1S/C11H18N2O2S/c1-3-10(13-16(2,14)15)9-12-11-7-5-4-6-8-11/h4-8,10,12-13H,3,9H2,1-2H3. The smallest absolute Gasteiger partial charge is 0.209 e. The Morgan fingerprint density at radius 3 is 2.38 bits per heavy atom. The molecule has 5 heteroatoms. The van der Waals surface area contributed by atoms with Crippen LogP contribution in [-0.4, -0.2) is 27.3 Å². The molecule has 0 aliphatic carbocycles. The lowest BCUT2D eigenvalue weighted by Gasteiger charge is -2.16. The van der Waals surface area contributed by atoms with Gasteiger partial charge in [0.2, 0.25) is 10.0 Å². The maximum atomic E-state index is 11.1. The number of nitrogens with one attached hydrogen (secondary N) is 2. The van der Waals surface area contributed by atoms with E-state index in [1.807, 2.05) is 37.3 Å². The lowest BCUT2D eigenvalue weighted by Crippen LogP contribution is -2.38. The summed E-state index contributed by atoms with van der Waals surface area (Å²) in [6.45, 7) is 2.54. The van der Waals surface area contributed by atoms with Crippen LogP contribution in [0.4, 0.5) is 5.69 Å². The van der Waals surface area contributed by atoms with Gasteiger partial charge in [-0.15, -0.1) is 0 Å². The molecule has 1 atom stereocenters. The van der Waals surface area contributed by atoms with E-state index in [1.165, 1.54) is 6.26 Å². The van der Waals surface area contributed by atoms with Gasteiger partial charge in [0.15, 0.2) is 0 Å². The van der Waals surface area contributed by atoms with Crippen LogP contribution in [0, 0.1) is 0 Å². The molecule has 0 saturated heterocycles. The highest BCUT2D eigenvalue weighted by atomic mass is 32.2. The molecule has 0 radical (unpaired) electrons. The van der Waals surface area contributed by atoms with E-state index >= 15 is 0 Å². The molecule has 0 aliphatic heterocycles. The molecule has 0 aromatic heterocycles. The van der Waals surface area contributed by atoms with E-state index in [-0.39, 0.29) is 6.04 Å². The molecule has 1 rings (SSSR count). The zero-order chi connectivity index (χ0) is 12.0. The lowest BCUT2D eigenvalue weighted by molar-refractivity contribution is 0.553. The largest absolute Gasteiger partial charge is 0.383 e. The first-order valence-corrected chi connectivity index (χ1v) is 7.16. The Morgan fingerprint density at radius 1 is 1.25 bits per heavy atom. The molecule has 16 heavy (non-hydrogen) atoms. The molecule has 90 valence electrons. The number of hydrogen-bond acceptors (Lipinski definition) is 3. The Balaban J connectivity index is 2.46. The van der Waals surface area contributed by atoms with Gasteiger partial charge in [0.1, 0.15) is 0 Å². The topological polar surface area (TPSA) is 58.2 Å². The van der Waals surface area contributed by atoms with Gasteiger partial charge in [-0.2, -0.15) is 0 Å². The predicted octanol–water partition coefficient (Wildman–Crippen LogP) is 1.43. The molecule has 0 amide bonds. The van der Waals surface area contributed by atoms with Crippen molar-refractivity contribution in [3.63, 3.8) is 0 Å². The van der Waals surface area contributed by atoms with Gasteiger partial charge < -0.3 is 5.32 Å². The zero-order valence-corrected chi connectivity index (χ0v) is 10.4. The molecule has 0 heterocycles. The molecule has 1 aromatic rings. The SMILES string of the molecule is CCC(CNc1ccccc1)NS(C)(=O)=O. The fraction of sp³-hybridized carbons (Fsp3) is 0.455. The van der Waals surface area contributed by atoms with Gasteiger partial charge in [0.05, 0.1) is 6.26 Å². The highest BCUT2D eigenvalue weighted by Crippen LogP contribution is 2.05. The van der Waals surface area contributed by atoms with Gasteiger partial charge >= 0.3 is 0 Å². The second kappa shape index (κ2) is 5.86. The van der Waals surface area contributed by atoms with Crippen LogP contribution in [0.1, 0.15) is 13.3 Å². The van der Waals surface area contributed by atoms with E-state index < -0.39 is 10.0 Å². The average molecular weight is 242 g/mol. The third-order valence-electron chi connectivity index (χ3n) is 2.20. The van der Waals surface area contributed by atoms with Gasteiger partial charge in [-0.3, -0.25) is 0 Å². The first-order valence-electron chi connectivity index (χ1n) is 5.27. The first-order chi connectivity index (χ1) is 7.51. The van der Waals surface area contributed by atoms with Crippen molar-refractivity contribution in [3.05, 3.63) is 30.3 Å². The maximum absolute atomic E-state index is 11.1. The quantitative estimate of drug-likeness (QED) is 0.793. The molecular weight excluding hydrogens is 224 g/mol. The molecule has 0 saturated carbocycles. The predicted molar refractivity (Wildman–Crippen MR) is 67.0 cm³/mol. The van der Waals surface area contributed by atoms with Crippen LogP contribution in [0.15, 0.2) is 30.3 Å². The van der Waals surface area contributed by atoms with Crippen LogP contribution >= 0.6 is 0 Å². The number of benzene rings is 1. The normalized spacial score (nSPS) is 13.4. The van der Waals surface area contributed by atoms with E-state index in [2.05, 4.69) is 10.0 Å². The second-order valence-corrected chi connectivity index (χ2v) is 5.52. The van der Waals surface area contributed by atoms with Gasteiger partial charge in [0, 0.05) is 18.3 Å². The van der Waals surface area contributed by atoms with Gasteiger partial charge in [-0.05, 0) is 18.6 Å². The Morgan fingerprint density at radius 2 is 1.88 bits per heavy atom. The van der Waals surface area contributed by atoms with Crippen LogP contribution in [0.5, 0.6) is 0 Å². The van der Waals surface area contributed by atoms with Crippen molar-refractivity contribution in [3.8, 4) is 0 Å². The fourth-order valence-electron chi connectivity index (χ4n) is 1.37. The monoisotopic (exact) mass is 242 g/mol.